The molecule has 0 N–H and O–H groups in total. The fourth-order valence-corrected chi connectivity index (χ4v) is 2.70. The summed E-state index contributed by atoms with van der Waals surface area (Å²) in [5, 5.41) is 0. The SMILES string of the molecule is CC(CCCCCC(C)CC1CO1)CC1CO1. The normalized spacial score (nSPS) is 30.0. The number of rotatable bonds is 10. The number of ether oxygens (including phenoxy) is 2. The number of hydrogen-bond acceptors (Lipinski definition) is 2. The van der Waals surface area contributed by atoms with E-state index in [-0.39, 0.29) is 0 Å². The van der Waals surface area contributed by atoms with Crippen LogP contribution in [0.5, 0.6) is 0 Å². The molecule has 0 saturated carbocycles. The summed E-state index contributed by atoms with van der Waals surface area (Å²) < 4.78 is 10.5. The van der Waals surface area contributed by atoms with Gasteiger partial charge in [0, 0.05) is 0 Å². The molecule has 2 aliphatic heterocycles. The average Bonchev–Trinajstić information content (AvgIpc) is 3.13. The lowest BCUT2D eigenvalue weighted by molar-refractivity contribution is 0.339. The van der Waals surface area contributed by atoms with Gasteiger partial charge in [0.1, 0.15) is 0 Å². The maximum Gasteiger partial charge on any atom is 0.0812 e. The third-order valence-electron chi connectivity index (χ3n) is 4.03. The van der Waals surface area contributed by atoms with Crippen molar-refractivity contribution in [1.82, 2.24) is 0 Å². The van der Waals surface area contributed by atoms with Gasteiger partial charge in [-0.3, -0.25) is 0 Å². The minimum atomic E-state index is 0.614. The first-order valence-electron chi connectivity index (χ1n) is 7.47. The van der Waals surface area contributed by atoms with Crippen molar-refractivity contribution in [2.24, 2.45) is 11.8 Å². The molecule has 2 fully saturated rings. The van der Waals surface area contributed by atoms with Crippen molar-refractivity contribution in [2.45, 2.75) is 71.0 Å². The van der Waals surface area contributed by atoms with Crippen LogP contribution in [0.25, 0.3) is 0 Å². The van der Waals surface area contributed by atoms with Gasteiger partial charge < -0.3 is 9.47 Å². The number of epoxide rings is 2. The highest BCUT2D eigenvalue weighted by molar-refractivity contribution is 4.73. The Balaban J connectivity index is 1.37. The maximum absolute atomic E-state index is 5.27. The van der Waals surface area contributed by atoms with Crippen LogP contribution in [0.15, 0.2) is 0 Å². The second-order valence-corrected chi connectivity index (χ2v) is 6.23. The molecule has 2 saturated heterocycles. The van der Waals surface area contributed by atoms with Gasteiger partial charge in [-0.1, -0.05) is 46.0 Å². The van der Waals surface area contributed by atoms with Crippen LogP contribution in [0.2, 0.25) is 0 Å². The predicted molar refractivity (Wildman–Crippen MR) is 70.1 cm³/mol. The maximum atomic E-state index is 5.27. The molecule has 0 aromatic carbocycles. The minimum absolute atomic E-state index is 0.614. The molecule has 100 valence electrons. The van der Waals surface area contributed by atoms with E-state index in [1.165, 1.54) is 44.9 Å². The average molecular weight is 240 g/mol. The Bertz CT molecular complexity index is 187. The molecule has 2 heteroatoms. The third kappa shape index (κ3) is 6.42. The number of unbranched alkanes of at least 4 members (excludes halogenated alkanes) is 2. The van der Waals surface area contributed by atoms with E-state index in [0.717, 1.165) is 25.0 Å². The third-order valence-corrected chi connectivity index (χ3v) is 4.03. The van der Waals surface area contributed by atoms with E-state index in [0.29, 0.717) is 12.2 Å². The van der Waals surface area contributed by atoms with Crippen molar-refractivity contribution in [3.8, 4) is 0 Å². The summed E-state index contributed by atoms with van der Waals surface area (Å²) in [4.78, 5) is 0. The molecule has 2 aliphatic rings. The van der Waals surface area contributed by atoms with Gasteiger partial charge in [-0.2, -0.15) is 0 Å². The topological polar surface area (TPSA) is 25.1 Å². The fourth-order valence-electron chi connectivity index (χ4n) is 2.70. The highest BCUT2D eigenvalue weighted by Crippen LogP contribution is 2.25. The summed E-state index contributed by atoms with van der Waals surface area (Å²) in [5.74, 6) is 1.72. The molecule has 0 spiro atoms. The van der Waals surface area contributed by atoms with E-state index in [1.807, 2.05) is 0 Å². The summed E-state index contributed by atoms with van der Waals surface area (Å²) in [6.45, 7) is 6.78. The molecule has 0 aliphatic carbocycles. The van der Waals surface area contributed by atoms with Crippen molar-refractivity contribution < 1.29 is 9.47 Å². The van der Waals surface area contributed by atoms with Gasteiger partial charge >= 0.3 is 0 Å². The van der Waals surface area contributed by atoms with E-state index in [4.69, 9.17) is 9.47 Å². The van der Waals surface area contributed by atoms with Crippen molar-refractivity contribution in [3.63, 3.8) is 0 Å². The quantitative estimate of drug-likeness (QED) is 0.429. The van der Waals surface area contributed by atoms with Gasteiger partial charge in [0.15, 0.2) is 0 Å². The summed E-state index contributed by atoms with van der Waals surface area (Å²) in [6.07, 6.45) is 10.8. The molecule has 17 heavy (non-hydrogen) atoms. The van der Waals surface area contributed by atoms with Gasteiger partial charge in [-0.15, -0.1) is 0 Å². The molecule has 0 aromatic heterocycles. The van der Waals surface area contributed by atoms with Crippen LogP contribution in [-0.2, 0) is 9.47 Å². The van der Waals surface area contributed by atoms with Crippen LogP contribution in [0.4, 0.5) is 0 Å². The van der Waals surface area contributed by atoms with Crippen molar-refractivity contribution in [2.75, 3.05) is 13.2 Å². The molecule has 0 aromatic rings. The molecule has 4 atom stereocenters. The lowest BCUT2D eigenvalue weighted by Crippen LogP contribution is -2.01. The molecule has 0 radical (unpaired) electrons. The second-order valence-electron chi connectivity index (χ2n) is 6.23. The number of hydrogen-bond donors (Lipinski definition) is 0. The molecular weight excluding hydrogens is 212 g/mol. The Morgan fingerprint density at radius 1 is 0.824 bits per heavy atom. The molecule has 4 unspecified atom stereocenters. The summed E-state index contributed by atoms with van der Waals surface area (Å²) in [6, 6.07) is 0. The zero-order valence-electron chi connectivity index (χ0n) is 11.5. The van der Waals surface area contributed by atoms with E-state index in [9.17, 15) is 0 Å². The Kier molecular flexibility index (Phi) is 5.30. The standard InChI is InChI=1S/C15H28O2/c1-12(8-14-10-16-14)6-4-3-5-7-13(2)9-15-11-17-15/h12-15H,3-11H2,1-2H3. The van der Waals surface area contributed by atoms with Gasteiger partial charge in [0.2, 0.25) is 0 Å². The molecular formula is C15H28O2. The lowest BCUT2D eigenvalue weighted by atomic mass is 9.95. The van der Waals surface area contributed by atoms with Crippen LogP contribution in [0.3, 0.4) is 0 Å². The molecule has 2 rings (SSSR count). The van der Waals surface area contributed by atoms with E-state index in [2.05, 4.69) is 13.8 Å². The van der Waals surface area contributed by atoms with Crippen LogP contribution >= 0.6 is 0 Å². The zero-order chi connectivity index (χ0) is 12.1. The Labute approximate surface area is 106 Å². The Hall–Kier alpha value is -0.0800. The van der Waals surface area contributed by atoms with E-state index >= 15 is 0 Å². The van der Waals surface area contributed by atoms with Crippen molar-refractivity contribution >= 4 is 0 Å². The Morgan fingerprint density at radius 2 is 1.24 bits per heavy atom. The van der Waals surface area contributed by atoms with Gasteiger partial charge in [-0.25, -0.2) is 0 Å². The highest BCUT2D eigenvalue weighted by Gasteiger charge is 2.25. The second kappa shape index (κ2) is 6.75. The van der Waals surface area contributed by atoms with Crippen LogP contribution in [-0.4, -0.2) is 25.4 Å². The molecule has 0 amide bonds. The lowest BCUT2D eigenvalue weighted by Gasteiger charge is -2.11. The van der Waals surface area contributed by atoms with Gasteiger partial charge in [0.25, 0.3) is 0 Å². The summed E-state index contributed by atoms with van der Waals surface area (Å²) in [7, 11) is 0. The summed E-state index contributed by atoms with van der Waals surface area (Å²) >= 11 is 0. The predicted octanol–water partition coefficient (Wildman–Crippen LogP) is 3.79. The first-order chi connectivity index (χ1) is 8.24. The molecule has 2 nitrogen and oxygen atoms in total. The molecule has 2 heterocycles. The highest BCUT2D eigenvalue weighted by atomic mass is 16.6. The van der Waals surface area contributed by atoms with Gasteiger partial charge in [-0.05, 0) is 24.7 Å². The van der Waals surface area contributed by atoms with E-state index < -0.39 is 0 Å². The fraction of sp³-hybridized carbons (Fsp3) is 1.00. The largest absolute Gasteiger partial charge is 0.373 e. The van der Waals surface area contributed by atoms with Crippen molar-refractivity contribution in [3.05, 3.63) is 0 Å². The first kappa shape index (κ1) is 13.4. The minimum Gasteiger partial charge on any atom is -0.373 e. The molecule has 0 bridgehead atoms. The van der Waals surface area contributed by atoms with Crippen LogP contribution < -0.4 is 0 Å². The zero-order valence-corrected chi connectivity index (χ0v) is 11.5. The van der Waals surface area contributed by atoms with E-state index in [1.54, 1.807) is 0 Å². The monoisotopic (exact) mass is 240 g/mol. The first-order valence-corrected chi connectivity index (χ1v) is 7.47. The van der Waals surface area contributed by atoms with Crippen LogP contribution in [0.1, 0.15) is 58.8 Å². The van der Waals surface area contributed by atoms with Gasteiger partial charge in [0.05, 0.1) is 25.4 Å². The van der Waals surface area contributed by atoms with Crippen molar-refractivity contribution in [1.29, 1.82) is 0 Å². The Morgan fingerprint density at radius 3 is 1.59 bits per heavy atom. The van der Waals surface area contributed by atoms with Crippen LogP contribution in [0, 0.1) is 11.8 Å². The summed E-state index contributed by atoms with van der Waals surface area (Å²) in [5.41, 5.74) is 0. The smallest absolute Gasteiger partial charge is 0.0812 e.